The summed E-state index contributed by atoms with van der Waals surface area (Å²) in [5, 5.41) is 3.43. The maximum Gasteiger partial charge on any atom is 0.231 e. The molecular weight excluding hydrogens is 268 g/mol. The predicted molar refractivity (Wildman–Crippen MR) is 79.1 cm³/mol. The lowest BCUT2D eigenvalue weighted by atomic mass is 9.80. The fraction of sp³-hybridized carbons (Fsp3) is 0.625. The quantitative estimate of drug-likeness (QED) is 0.856. The van der Waals surface area contributed by atoms with Crippen LogP contribution in [0.5, 0.6) is 17.2 Å². The van der Waals surface area contributed by atoms with E-state index < -0.39 is 0 Å². The smallest absolute Gasteiger partial charge is 0.231 e. The molecule has 0 bridgehead atoms. The van der Waals surface area contributed by atoms with E-state index in [9.17, 15) is 0 Å². The zero-order valence-corrected chi connectivity index (χ0v) is 12.6. The van der Waals surface area contributed by atoms with E-state index in [-0.39, 0.29) is 5.60 Å². The minimum absolute atomic E-state index is 0.0408. The van der Waals surface area contributed by atoms with Crippen LogP contribution in [0.1, 0.15) is 30.9 Å². The normalized spacial score (nSPS) is 25.8. The number of nitrogens with zero attached hydrogens (tertiary/aromatic N) is 1. The van der Waals surface area contributed by atoms with Crippen molar-refractivity contribution in [2.24, 2.45) is 0 Å². The third kappa shape index (κ3) is 2.15. The van der Waals surface area contributed by atoms with E-state index in [2.05, 4.69) is 30.4 Å². The van der Waals surface area contributed by atoms with E-state index in [0.717, 1.165) is 49.6 Å². The molecule has 3 aliphatic heterocycles. The van der Waals surface area contributed by atoms with Crippen LogP contribution in [-0.2, 0) is 0 Å². The Morgan fingerprint density at radius 1 is 1.10 bits per heavy atom. The van der Waals surface area contributed by atoms with Crippen molar-refractivity contribution in [1.82, 2.24) is 10.2 Å². The first-order chi connectivity index (χ1) is 10.2. The van der Waals surface area contributed by atoms with E-state index >= 15 is 0 Å². The van der Waals surface area contributed by atoms with Crippen molar-refractivity contribution in [2.75, 3.05) is 34.0 Å². The summed E-state index contributed by atoms with van der Waals surface area (Å²) in [6, 6.07) is 4.47. The third-order valence-corrected chi connectivity index (χ3v) is 4.89. The van der Waals surface area contributed by atoms with Gasteiger partial charge in [-0.05, 0) is 46.1 Å². The van der Waals surface area contributed by atoms with E-state index in [4.69, 9.17) is 14.2 Å². The van der Waals surface area contributed by atoms with Crippen LogP contribution >= 0.6 is 0 Å². The minimum atomic E-state index is -0.0408. The molecule has 21 heavy (non-hydrogen) atoms. The summed E-state index contributed by atoms with van der Waals surface area (Å²) >= 11 is 0. The first kappa shape index (κ1) is 13.2. The number of piperidine rings is 1. The molecule has 1 N–H and O–H groups in total. The molecule has 1 aromatic carbocycles. The van der Waals surface area contributed by atoms with Gasteiger partial charge in [-0.15, -0.1) is 0 Å². The maximum atomic E-state index is 6.46. The van der Waals surface area contributed by atoms with E-state index in [1.54, 1.807) is 0 Å². The van der Waals surface area contributed by atoms with Gasteiger partial charge in [0.2, 0.25) is 6.79 Å². The van der Waals surface area contributed by atoms with Crippen LogP contribution in [0.3, 0.4) is 0 Å². The van der Waals surface area contributed by atoms with Gasteiger partial charge in [-0.2, -0.15) is 0 Å². The van der Waals surface area contributed by atoms with Crippen LogP contribution in [-0.4, -0.2) is 44.5 Å². The number of nitrogens with one attached hydrogen (secondary N) is 1. The second-order valence-corrected chi connectivity index (χ2v) is 6.46. The molecule has 1 spiro atoms. The Bertz CT molecular complexity index is 553. The summed E-state index contributed by atoms with van der Waals surface area (Å²) in [5.74, 6) is 2.61. The van der Waals surface area contributed by atoms with Crippen molar-refractivity contribution >= 4 is 0 Å². The van der Waals surface area contributed by atoms with Crippen LogP contribution < -0.4 is 19.5 Å². The van der Waals surface area contributed by atoms with E-state index in [0.29, 0.717) is 12.8 Å². The highest BCUT2D eigenvalue weighted by atomic mass is 16.7. The van der Waals surface area contributed by atoms with Crippen molar-refractivity contribution in [3.05, 3.63) is 17.7 Å². The fourth-order valence-corrected chi connectivity index (χ4v) is 3.67. The van der Waals surface area contributed by atoms with Crippen molar-refractivity contribution in [3.8, 4) is 17.2 Å². The van der Waals surface area contributed by atoms with Crippen LogP contribution in [0, 0.1) is 0 Å². The van der Waals surface area contributed by atoms with Crippen LogP contribution in [0.25, 0.3) is 0 Å². The highest BCUT2D eigenvalue weighted by molar-refractivity contribution is 5.54. The van der Waals surface area contributed by atoms with Crippen molar-refractivity contribution < 1.29 is 14.2 Å². The number of rotatable bonds is 1. The average molecular weight is 290 g/mol. The molecule has 3 aliphatic rings. The topological polar surface area (TPSA) is 43.0 Å². The number of benzene rings is 1. The molecule has 0 aromatic heterocycles. The molecule has 0 radical (unpaired) electrons. The lowest BCUT2D eigenvalue weighted by molar-refractivity contribution is -0.0119. The molecule has 1 aromatic rings. The van der Waals surface area contributed by atoms with Gasteiger partial charge in [-0.1, -0.05) is 0 Å². The average Bonchev–Trinajstić information content (AvgIpc) is 2.92. The second-order valence-electron chi connectivity index (χ2n) is 6.46. The molecule has 0 amide bonds. The summed E-state index contributed by atoms with van der Waals surface area (Å²) in [6.45, 7) is 2.36. The molecule has 5 heteroatoms. The first-order valence-corrected chi connectivity index (χ1v) is 7.67. The van der Waals surface area contributed by atoms with Gasteiger partial charge in [-0.3, -0.25) is 0 Å². The summed E-state index contributed by atoms with van der Waals surface area (Å²) < 4.78 is 17.5. The lowest BCUT2D eigenvalue weighted by Gasteiger charge is -2.46. The predicted octanol–water partition coefficient (Wildman–Crippen LogP) is 1.92. The maximum absolute atomic E-state index is 6.46. The van der Waals surface area contributed by atoms with Gasteiger partial charge in [0, 0.05) is 24.1 Å². The second kappa shape index (κ2) is 4.78. The molecule has 114 valence electrons. The Morgan fingerprint density at radius 2 is 1.81 bits per heavy atom. The molecule has 5 nitrogen and oxygen atoms in total. The van der Waals surface area contributed by atoms with Crippen LogP contribution in [0.4, 0.5) is 0 Å². The SMILES string of the molecule is CN(C)C1CC2(CCNCC2)Oc2cc3c(cc21)OCO3. The van der Waals surface area contributed by atoms with Gasteiger partial charge >= 0.3 is 0 Å². The molecule has 1 unspecified atom stereocenters. The summed E-state index contributed by atoms with van der Waals surface area (Å²) in [4.78, 5) is 2.29. The number of fused-ring (bicyclic) bond motifs is 2. The minimum Gasteiger partial charge on any atom is -0.487 e. The van der Waals surface area contributed by atoms with Crippen LogP contribution in [0.15, 0.2) is 12.1 Å². The molecule has 1 atom stereocenters. The van der Waals surface area contributed by atoms with E-state index in [1.165, 1.54) is 5.56 Å². The monoisotopic (exact) mass is 290 g/mol. The van der Waals surface area contributed by atoms with Crippen LogP contribution in [0.2, 0.25) is 0 Å². The van der Waals surface area contributed by atoms with Gasteiger partial charge in [0.25, 0.3) is 0 Å². The van der Waals surface area contributed by atoms with Gasteiger partial charge in [-0.25, -0.2) is 0 Å². The zero-order valence-electron chi connectivity index (χ0n) is 12.6. The molecule has 0 aliphatic carbocycles. The van der Waals surface area contributed by atoms with Gasteiger partial charge in [0.05, 0.1) is 0 Å². The number of ether oxygens (including phenoxy) is 3. The van der Waals surface area contributed by atoms with Crippen molar-refractivity contribution in [3.63, 3.8) is 0 Å². The summed E-state index contributed by atoms with van der Waals surface area (Å²) in [7, 11) is 4.28. The lowest BCUT2D eigenvalue weighted by Crippen LogP contribution is -2.50. The molecular formula is C16H22N2O3. The number of hydrogen-bond donors (Lipinski definition) is 1. The highest BCUT2D eigenvalue weighted by Gasteiger charge is 2.43. The van der Waals surface area contributed by atoms with E-state index in [1.807, 2.05) is 6.07 Å². The molecule has 1 saturated heterocycles. The summed E-state index contributed by atoms with van der Waals surface area (Å²) in [5.41, 5.74) is 1.18. The van der Waals surface area contributed by atoms with Crippen molar-refractivity contribution in [2.45, 2.75) is 30.9 Å². The fourth-order valence-electron chi connectivity index (χ4n) is 3.67. The molecule has 0 saturated carbocycles. The molecule has 3 heterocycles. The highest BCUT2D eigenvalue weighted by Crippen LogP contribution is 2.49. The van der Waals surface area contributed by atoms with Gasteiger partial charge in [0.1, 0.15) is 11.4 Å². The Balaban J connectivity index is 1.76. The standard InChI is InChI=1S/C16H22N2O3/c1-18(2)12-9-16(3-5-17-6-4-16)21-13-8-15-14(7-11(12)13)19-10-20-15/h7-8,12,17H,3-6,9-10H2,1-2H3. The zero-order chi connectivity index (χ0) is 14.4. The third-order valence-electron chi connectivity index (χ3n) is 4.89. The van der Waals surface area contributed by atoms with Gasteiger partial charge < -0.3 is 24.4 Å². The Hall–Kier alpha value is -1.46. The first-order valence-electron chi connectivity index (χ1n) is 7.67. The molecule has 1 fully saturated rings. The Labute approximate surface area is 125 Å². The number of hydrogen-bond acceptors (Lipinski definition) is 5. The Morgan fingerprint density at radius 3 is 2.52 bits per heavy atom. The molecule has 4 rings (SSSR count). The van der Waals surface area contributed by atoms with Gasteiger partial charge in [0.15, 0.2) is 11.5 Å². The van der Waals surface area contributed by atoms with Crippen molar-refractivity contribution in [1.29, 1.82) is 0 Å². The summed E-state index contributed by atoms with van der Waals surface area (Å²) in [6.07, 6.45) is 3.16. The Kier molecular flexibility index (Phi) is 3.01. The largest absolute Gasteiger partial charge is 0.487 e.